The third kappa shape index (κ3) is 4.76. The molecule has 1 amide bonds. The molecule has 0 spiro atoms. The minimum atomic E-state index is -3.84. The molecule has 158 valence electrons. The molecule has 0 radical (unpaired) electrons. The van der Waals surface area contributed by atoms with E-state index in [2.05, 4.69) is 15.0 Å². The molecule has 4 rings (SSSR count). The maximum absolute atomic E-state index is 12.9. The minimum Gasteiger partial charge on any atom is -0.497 e. The van der Waals surface area contributed by atoms with Crippen molar-refractivity contribution < 1.29 is 17.9 Å². The van der Waals surface area contributed by atoms with Crippen LogP contribution in [0.1, 0.15) is 10.4 Å². The zero-order valence-corrected chi connectivity index (χ0v) is 18.7. The van der Waals surface area contributed by atoms with Crippen LogP contribution < -0.4 is 14.8 Å². The zero-order valence-electron chi connectivity index (χ0n) is 16.2. The molecule has 7 nitrogen and oxygen atoms in total. The predicted molar refractivity (Wildman–Crippen MR) is 124 cm³/mol. The van der Waals surface area contributed by atoms with Crippen molar-refractivity contribution in [2.24, 2.45) is 0 Å². The van der Waals surface area contributed by atoms with Gasteiger partial charge in [-0.25, -0.2) is 13.4 Å². The Morgan fingerprint density at radius 1 is 1.03 bits per heavy atom. The molecule has 10 heteroatoms. The van der Waals surface area contributed by atoms with Gasteiger partial charge in [-0.1, -0.05) is 36.4 Å². The monoisotopic (exact) mass is 471 g/mol. The Morgan fingerprint density at radius 2 is 1.84 bits per heavy atom. The Kier molecular flexibility index (Phi) is 6.03. The van der Waals surface area contributed by atoms with E-state index >= 15 is 0 Å². The number of amides is 1. The first-order chi connectivity index (χ1) is 15.0. The Bertz CT molecular complexity index is 1300. The van der Waals surface area contributed by atoms with Crippen molar-refractivity contribution in [2.45, 2.75) is 4.21 Å². The second-order valence-corrected chi connectivity index (χ2v) is 10.0. The van der Waals surface area contributed by atoms with Gasteiger partial charge in [-0.15, -0.1) is 22.7 Å². The van der Waals surface area contributed by atoms with Crippen molar-refractivity contribution >= 4 is 49.4 Å². The van der Waals surface area contributed by atoms with Crippen LogP contribution in [0.25, 0.3) is 11.3 Å². The van der Waals surface area contributed by atoms with Gasteiger partial charge in [0.2, 0.25) is 0 Å². The lowest BCUT2D eigenvalue weighted by Crippen LogP contribution is -2.18. The van der Waals surface area contributed by atoms with Gasteiger partial charge in [0, 0.05) is 17.0 Å². The third-order valence-corrected chi connectivity index (χ3v) is 7.79. The highest BCUT2D eigenvalue weighted by atomic mass is 32.2. The lowest BCUT2D eigenvalue weighted by Gasteiger charge is -2.13. The lowest BCUT2D eigenvalue weighted by atomic mass is 10.1. The number of methoxy groups -OCH3 is 1. The second kappa shape index (κ2) is 8.88. The predicted octanol–water partition coefficient (Wildman–Crippen LogP) is 4.93. The highest BCUT2D eigenvalue weighted by Crippen LogP contribution is 2.29. The quantitative estimate of drug-likeness (QED) is 0.398. The van der Waals surface area contributed by atoms with E-state index in [0.29, 0.717) is 10.9 Å². The average molecular weight is 472 g/mol. The molecule has 0 fully saturated rings. The summed E-state index contributed by atoms with van der Waals surface area (Å²) in [5, 5.41) is 6.67. The standard InChI is InChI=1S/C21H17N3O4S3/c1-28-15-9-10-16(17(12-15)24-31(26,27)19-8-5-11-29-19)20(25)23-21-22-18(13-30-21)14-6-3-2-4-7-14/h2-13,24H,1H3,(H,22,23,25). The van der Waals surface area contributed by atoms with E-state index in [0.717, 1.165) is 22.6 Å². The van der Waals surface area contributed by atoms with Crippen LogP contribution in [0.15, 0.2) is 75.6 Å². The summed E-state index contributed by atoms with van der Waals surface area (Å²) in [6.07, 6.45) is 0. The average Bonchev–Trinajstić information content (AvgIpc) is 3.47. The van der Waals surface area contributed by atoms with E-state index in [9.17, 15) is 13.2 Å². The Balaban J connectivity index is 1.60. The molecule has 0 saturated heterocycles. The summed E-state index contributed by atoms with van der Waals surface area (Å²) < 4.78 is 33.2. The van der Waals surface area contributed by atoms with Crippen molar-refractivity contribution in [1.29, 1.82) is 0 Å². The first-order valence-corrected chi connectivity index (χ1v) is 12.3. The molecule has 2 aromatic carbocycles. The number of carbonyl (C=O) groups is 1. The molecule has 2 heterocycles. The van der Waals surface area contributed by atoms with Crippen LogP contribution in [0, 0.1) is 0 Å². The molecule has 0 aliphatic rings. The van der Waals surface area contributed by atoms with E-state index in [1.165, 1.54) is 36.6 Å². The van der Waals surface area contributed by atoms with E-state index in [4.69, 9.17) is 4.74 Å². The topological polar surface area (TPSA) is 97.4 Å². The van der Waals surface area contributed by atoms with Crippen molar-refractivity contribution in [2.75, 3.05) is 17.1 Å². The molecule has 31 heavy (non-hydrogen) atoms. The molecule has 0 bridgehead atoms. The fourth-order valence-corrected chi connectivity index (χ4v) is 5.56. The van der Waals surface area contributed by atoms with Crippen molar-refractivity contribution in [3.05, 3.63) is 77.0 Å². The van der Waals surface area contributed by atoms with Gasteiger partial charge < -0.3 is 4.74 Å². The van der Waals surface area contributed by atoms with Crippen molar-refractivity contribution in [3.63, 3.8) is 0 Å². The van der Waals surface area contributed by atoms with E-state index in [1.807, 2.05) is 35.7 Å². The smallest absolute Gasteiger partial charge is 0.271 e. The third-order valence-electron chi connectivity index (χ3n) is 4.27. The largest absolute Gasteiger partial charge is 0.497 e. The number of hydrogen-bond acceptors (Lipinski definition) is 7. The molecule has 0 aliphatic heterocycles. The van der Waals surface area contributed by atoms with Gasteiger partial charge in [0.25, 0.3) is 15.9 Å². The van der Waals surface area contributed by atoms with Crippen LogP contribution in [0.4, 0.5) is 10.8 Å². The first-order valence-electron chi connectivity index (χ1n) is 9.03. The summed E-state index contributed by atoms with van der Waals surface area (Å²) in [5.74, 6) is -0.0680. The fraction of sp³-hybridized carbons (Fsp3) is 0.0476. The summed E-state index contributed by atoms with van der Waals surface area (Å²) in [5.41, 5.74) is 1.95. The number of carbonyl (C=O) groups excluding carboxylic acids is 1. The van der Waals surface area contributed by atoms with Gasteiger partial charge in [-0.3, -0.25) is 14.8 Å². The van der Waals surface area contributed by atoms with Crippen LogP contribution >= 0.6 is 22.7 Å². The number of benzene rings is 2. The molecule has 0 atom stereocenters. The summed E-state index contributed by atoms with van der Waals surface area (Å²) in [6.45, 7) is 0. The number of ether oxygens (including phenoxy) is 1. The molecular weight excluding hydrogens is 454 g/mol. The van der Waals surface area contributed by atoms with Gasteiger partial charge in [0.05, 0.1) is 24.1 Å². The van der Waals surface area contributed by atoms with E-state index in [-0.39, 0.29) is 15.5 Å². The molecule has 4 aromatic rings. The van der Waals surface area contributed by atoms with Gasteiger partial charge in [-0.2, -0.15) is 0 Å². The molecule has 2 aromatic heterocycles. The van der Waals surface area contributed by atoms with Crippen LogP contribution in [0.2, 0.25) is 0 Å². The number of rotatable bonds is 7. The second-order valence-electron chi connectivity index (χ2n) is 6.31. The Labute approximate surface area is 187 Å². The number of sulfonamides is 1. The molecular formula is C21H17N3O4S3. The van der Waals surface area contributed by atoms with Crippen LogP contribution in [-0.4, -0.2) is 26.4 Å². The lowest BCUT2D eigenvalue weighted by molar-refractivity contribution is 0.102. The fourth-order valence-electron chi connectivity index (χ4n) is 2.78. The summed E-state index contributed by atoms with van der Waals surface area (Å²) >= 11 is 2.37. The molecule has 2 N–H and O–H groups in total. The van der Waals surface area contributed by atoms with Gasteiger partial charge in [0.15, 0.2) is 5.13 Å². The maximum atomic E-state index is 12.9. The van der Waals surface area contributed by atoms with E-state index in [1.54, 1.807) is 17.5 Å². The molecule has 0 saturated carbocycles. The van der Waals surface area contributed by atoms with Gasteiger partial charge in [0.1, 0.15) is 9.96 Å². The number of nitrogens with zero attached hydrogens (tertiary/aromatic N) is 1. The Hall–Kier alpha value is -3.21. The van der Waals surface area contributed by atoms with Crippen LogP contribution in [-0.2, 0) is 10.0 Å². The van der Waals surface area contributed by atoms with Crippen molar-refractivity contribution in [1.82, 2.24) is 4.98 Å². The minimum absolute atomic E-state index is 0.116. The van der Waals surface area contributed by atoms with Crippen LogP contribution in [0.3, 0.4) is 0 Å². The number of thiazole rings is 1. The van der Waals surface area contributed by atoms with Gasteiger partial charge in [-0.05, 0) is 23.6 Å². The molecule has 0 unspecified atom stereocenters. The number of hydrogen-bond donors (Lipinski definition) is 2. The maximum Gasteiger partial charge on any atom is 0.271 e. The normalized spacial score (nSPS) is 11.1. The Morgan fingerprint density at radius 3 is 2.55 bits per heavy atom. The highest BCUT2D eigenvalue weighted by molar-refractivity contribution is 7.94. The highest BCUT2D eigenvalue weighted by Gasteiger charge is 2.21. The number of thiophene rings is 1. The first kappa shape index (κ1) is 21.0. The summed E-state index contributed by atoms with van der Waals surface area (Å²) in [7, 11) is -2.37. The summed E-state index contributed by atoms with van der Waals surface area (Å²) in [4.78, 5) is 17.4. The molecule has 0 aliphatic carbocycles. The van der Waals surface area contributed by atoms with Gasteiger partial charge >= 0.3 is 0 Å². The number of anilines is 2. The zero-order chi connectivity index (χ0) is 21.8. The van der Waals surface area contributed by atoms with Crippen molar-refractivity contribution in [3.8, 4) is 17.0 Å². The SMILES string of the molecule is COc1ccc(C(=O)Nc2nc(-c3ccccc3)cs2)c(NS(=O)(=O)c2cccs2)c1. The summed E-state index contributed by atoms with van der Waals surface area (Å²) in [6, 6.07) is 17.3. The van der Waals surface area contributed by atoms with Crippen LogP contribution in [0.5, 0.6) is 5.75 Å². The number of nitrogens with one attached hydrogen (secondary N) is 2. The van der Waals surface area contributed by atoms with E-state index < -0.39 is 15.9 Å². The number of aromatic nitrogens is 1.